The number of hydrogen-bond donors (Lipinski definition) is 2. The van der Waals surface area contributed by atoms with E-state index in [4.69, 9.17) is 28.3 Å². The average molecular weight is 250 g/mol. The molecule has 0 saturated carbocycles. The van der Waals surface area contributed by atoms with Gasteiger partial charge < -0.3 is 11.5 Å². The molecule has 0 aromatic heterocycles. The second-order valence-corrected chi connectivity index (χ2v) is 3.50. The van der Waals surface area contributed by atoms with E-state index in [0.29, 0.717) is 0 Å². The Labute approximate surface area is 94.4 Å². The molecule has 0 saturated heterocycles. The van der Waals surface area contributed by atoms with Crippen LogP contribution in [-0.2, 0) is 0 Å². The first-order valence-corrected chi connectivity index (χ1v) is 4.46. The molecule has 0 aliphatic rings. The zero-order chi connectivity index (χ0) is 12.5. The van der Waals surface area contributed by atoms with Crippen LogP contribution in [0, 0.1) is 11.3 Å². The smallest absolute Gasteiger partial charge is 0.396 e. The maximum absolute atomic E-state index is 12.3. The van der Waals surface area contributed by atoms with Crippen molar-refractivity contribution in [3.8, 4) is 6.07 Å². The number of anilines is 1. The molecule has 16 heavy (non-hydrogen) atoms. The largest absolute Gasteiger partial charge is 0.407 e. The number of nitrogens with two attached hydrogens (primary N) is 2. The monoisotopic (exact) mass is 249 g/mol. The van der Waals surface area contributed by atoms with E-state index in [1.807, 2.05) is 0 Å². The van der Waals surface area contributed by atoms with E-state index in [0.717, 1.165) is 12.1 Å². The van der Waals surface area contributed by atoms with Crippen LogP contribution < -0.4 is 11.5 Å². The van der Waals surface area contributed by atoms with Crippen molar-refractivity contribution in [3.05, 3.63) is 28.3 Å². The Bertz CT molecular complexity index is 451. The lowest BCUT2D eigenvalue weighted by atomic mass is 10.0. The van der Waals surface area contributed by atoms with E-state index in [9.17, 15) is 13.2 Å². The molecule has 1 rings (SSSR count). The van der Waals surface area contributed by atoms with Crippen molar-refractivity contribution in [1.82, 2.24) is 0 Å². The minimum absolute atomic E-state index is 0.0534. The van der Waals surface area contributed by atoms with E-state index in [2.05, 4.69) is 0 Å². The molecular weight excluding hydrogens is 243 g/mol. The molecule has 0 aliphatic heterocycles. The fraction of sp³-hybridized carbons (Fsp3) is 0.222. The molecule has 1 aromatic rings. The highest BCUT2D eigenvalue weighted by atomic mass is 35.5. The van der Waals surface area contributed by atoms with Crippen molar-refractivity contribution >= 4 is 17.3 Å². The maximum Gasteiger partial charge on any atom is 0.407 e. The molecule has 4 N–H and O–H groups in total. The number of nitriles is 1. The molecule has 3 nitrogen and oxygen atoms in total. The quantitative estimate of drug-likeness (QED) is 0.750. The predicted octanol–water partition coefficient (Wildman–Crippen LogP) is 2.36. The Kier molecular flexibility index (Phi) is 3.31. The summed E-state index contributed by atoms with van der Waals surface area (Å²) < 4.78 is 37.0. The Hall–Kier alpha value is -1.45. The van der Waals surface area contributed by atoms with E-state index in [1.165, 1.54) is 0 Å². The minimum atomic E-state index is -4.59. The molecule has 1 aromatic carbocycles. The second-order valence-electron chi connectivity index (χ2n) is 3.10. The Morgan fingerprint density at radius 1 is 1.38 bits per heavy atom. The van der Waals surface area contributed by atoms with Crippen molar-refractivity contribution < 1.29 is 13.2 Å². The topological polar surface area (TPSA) is 75.8 Å². The Morgan fingerprint density at radius 3 is 2.38 bits per heavy atom. The van der Waals surface area contributed by atoms with Gasteiger partial charge in [0, 0.05) is 0 Å². The zero-order valence-electron chi connectivity index (χ0n) is 7.85. The summed E-state index contributed by atoms with van der Waals surface area (Å²) >= 11 is 5.59. The number of rotatable bonds is 1. The first-order valence-electron chi connectivity index (χ1n) is 4.08. The highest BCUT2D eigenvalue weighted by Crippen LogP contribution is 2.34. The fourth-order valence-electron chi connectivity index (χ4n) is 1.10. The number of hydrogen-bond acceptors (Lipinski definition) is 3. The van der Waals surface area contributed by atoms with Crippen LogP contribution in [0.4, 0.5) is 18.9 Å². The van der Waals surface area contributed by atoms with Gasteiger partial charge in [0.2, 0.25) is 0 Å². The first kappa shape index (κ1) is 12.6. The van der Waals surface area contributed by atoms with Crippen molar-refractivity contribution in [2.45, 2.75) is 12.2 Å². The number of nitrogens with zero attached hydrogens (tertiary/aromatic N) is 1. The van der Waals surface area contributed by atoms with Crippen LogP contribution in [0.15, 0.2) is 12.1 Å². The molecule has 7 heteroatoms. The summed E-state index contributed by atoms with van der Waals surface area (Å²) in [4.78, 5) is 0. The summed E-state index contributed by atoms with van der Waals surface area (Å²) in [6, 6.07) is 1.46. The molecule has 0 radical (unpaired) electrons. The van der Waals surface area contributed by atoms with E-state index in [-0.39, 0.29) is 21.8 Å². The molecule has 0 aliphatic carbocycles. The van der Waals surface area contributed by atoms with Crippen LogP contribution in [0.25, 0.3) is 0 Å². The first-order chi connectivity index (χ1) is 7.27. The number of benzene rings is 1. The maximum atomic E-state index is 12.3. The molecular formula is C9H7ClF3N3. The Balaban J connectivity index is 3.28. The van der Waals surface area contributed by atoms with Crippen LogP contribution in [0.3, 0.4) is 0 Å². The van der Waals surface area contributed by atoms with Crippen molar-refractivity contribution in [2.24, 2.45) is 5.73 Å². The summed E-state index contributed by atoms with van der Waals surface area (Å²) in [7, 11) is 0. The van der Waals surface area contributed by atoms with E-state index in [1.54, 1.807) is 6.07 Å². The summed E-state index contributed by atoms with van der Waals surface area (Å²) in [6.45, 7) is 0. The van der Waals surface area contributed by atoms with Gasteiger partial charge in [0.15, 0.2) is 0 Å². The van der Waals surface area contributed by atoms with Gasteiger partial charge >= 0.3 is 6.18 Å². The van der Waals surface area contributed by atoms with Gasteiger partial charge in [0.05, 0.1) is 16.3 Å². The molecule has 0 heterocycles. The Morgan fingerprint density at radius 2 is 1.94 bits per heavy atom. The van der Waals surface area contributed by atoms with Gasteiger partial charge in [-0.2, -0.15) is 18.4 Å². The summed E-state index contributed by atoms with van der Waals surface area (Å²) in [5, 5.41) is 8.52. The molecule has 0 spiro atoms. The van der Waals surface area contributed by atoms with Crippen LogP contribution in [0.2, 0.25) is 5.02 Å². The van der Waals surface area contributed by atoms with Gasteiger partial charge in [-0.1, -0.05) is 11.6 Å². The van der Waals surface area contributed by atoms with Crippen molar-refractivity contribution in [3.63, 3.8) is 0 Å². The highest BCUT2D eigenvalue weighted by Gasteiger charge is 2.38. The van der Waals surface area contributed by atoms with E-state index >= 15 is 0 Å². The number of nitrogen functional groups attached to an aromatic ring is 1. The third kappa shape index (κ3) is 2.38. The summed E-state index contributed by atoms with van der Waals surface area (Å²) in [5.41, 5.74) is 9.91. The molecule has 1 atom stereocenters. The molecule has 0 amide bonds. The standard InChI is InChI=1S/C9H7ClF3N3/c10-6-2-4(8(16)9(11,12)13)1-5(3-14)7(6)15/h1-2,8H,15-16H2/t8-/m1/s1. The van der Waals surface area contributed by atoms with Gasteiger partial charge in [-0.05, 0) is 17.7 Å². The predicted molar refractivity (Wildman–Crippen MR) is 53.6 cm³/mol. The summed E-state index contributed by atoms with van der Waals surface area (Å²) in [5.74, 6) is 0. The molecule has 0 bridgehead atoms. The normalized spacial score (nSPS) is 13.2. The lowest BCUT2D eigenvalue weighted by molar-refractivity contribution is -0.149. The van der Waals surface area contributed by atoms with Gasteiger partial charge in [0.1, 0.15) is 12.1 Å². The fourth-order valence-corrected chi connectivity index (χ4v) is 1.33. The SMILES string of the molecule is N#Cc1cc([C@@H](N)C(F)(F)F)cc(Cl)c1N. The van der Waals surface area contributed by atoms with Crippen molar-refractivity contribution in [2.75, 3.05) is 5.73 Å². The highest BCUT2D eigenvalue weighted by molar-refractivity contribution is 6.33. The zero-order valence-corrected chi connectivity index (χ0v) is 8.60. The van der Waals surface area contributed by atoms with Crippen LogP contribution >= 0.6 is 11.6 Å². The second kappa shape index (κ2) is 4.20. The molecule has 86 valence electrons. The molecule has 0 unspecified atom stereocenters. The lowest BCUT2D eigenvalue weighted by Gasteiger charge is -2.17. The third-order valence-electron chi connectivity index (χ3n) is 1.98. The van der Waals surface area contributed by atoms with Gasteiger partial charge in [-0.3, -0.25) is 0 Å². The molecule has 0 fully saturated rings. The van der Waals surface area contributed by atoms with Gasteiger partial charge in [-0.15, -0.1) is 0 Å². The van der Waals surface area contributed by atoms with E-state index < -0.39 is 12.2 Å². The van der Waals surface area contributed by atoms with Crippen molar-refractivity contribution in [1.29, 1.82) is 5.26 Å². The number of halogens is 4. The van der Waals surface area contributed by atoms with Gasteiger partial charge in [-0.25, -0.2) is 0 Å². The number of alkyl halides is 3. The van der Waals surface area contributed by atoms with Gasteiger partial charge in [0.25, 0.3) is 0 Å². The third-order valence-corrected chi connectivity index (χ3v) is 2.30. The lowest BCUT2D eigenvalue weighted by Crippen LogP contribution is -2.28. The van der Waals surface area contributed by atoms with Crippen LogP contribution in [0.5, 0.6) is 0 Å². The summed E-state index contributed by atoms with van der Waals surface area (Å²) in [6.07, 6.45) is -4.59. The van der Waals surface area contributed by atoms with Crippen LogP contribution in [0.1, 0.15) is 17.2 Å². The average Bonchev–Trinajstić information content (AvgIpc) is 2.19. The van der Waals surface area contributed by atoms with Crippen LogP contribution in [-0.4, -0.2) is 6.18 Å². The minimum Gasteiger partial charge on any atom is -0.396 e.